The first-order chi connectivity index (χ1) is 15.1. The van der Waals surface area contributed by atoms with Crippen molar-refractivity contribution in [3.05, 3.63) is 42.4 Å². The molecule has 0 aliphatic carbocycles. The average molecular weight is 469 g/mol. The van der Waals surface area contributed by atoms with Crippen molar-refractivity contribution in [3.63, 3.8) is 0 Å². The molecular formula is C25H33ClN6O. The Morgan fingerprint density at radius 1 is 1.06 bits per heavy atom. The van der Waals surface area contributed by atoms with Gasteiger partial charge in [-0.3, -0.25) is 0 Å². The SMILES string of the molecule is CN(c1ccc(-c2cc3c(cc2O)CCn2cncc2-3)nn1)C1CC(C)(C)NC(C)(C)C1.Cl. The molecule has 2 aromatic heterocycles. The summed E-state index contributed by atoms with van der Waals surface area (Å²) in [5, 5.41) is 23.5. The fourth-order valence-electron chi connectivity index (χ4n) is 5.63. The van der Waals surface area contributed by atoms with Gasteiger partial charge in [0.15, 0.2) is 5.82 Å². The molecule has 0 atom stereocenters. The van der Waals surface area contributed by atoms with Gasteiger partial charge >= 0.3 is 0 Å². The number of imidazole rings is 1. The monoisotopic (exact) mass is 468 g/mol. The van der Waals surface area contributed by atoms with Gasteiger partial charge in [0, 0.05) is 41.8 Å². The summed E-state index contributed by atoms with van der Waals surface area (Å²) in [6.45, 7) is 9.91. The number of aryl methyl sites for hydroxylation is 2. The lowest BCUT2D eigenvalue weighted by atomic mass is 9.79. The van der Waals surface area contributed by atoms with Crippen molar-refractivity contribution >= 4 is 18.2 Å². The number of anilines is 1. The van der Waals surface area contributed by atoms with Gasteiger partial charge in [-0.05, 0) is 76.8 Å². The molecular weight excluding hydrogens is 436 g/mol. The molecule has 1 aromatic carbocycles. The van der Waals surface area contributed by atoms with E-state index in [0.717, 1.165) is 48.4 Å². The summed E-state index contributed by atoms with van der Waals surface area (Å²) < 4.78 is 2.15. The topological polar surface area (TPSA) is 79.1 Å². The van der Waals surface area contributed by atoms with Crippen LogP contribution in [0.15, 0.2) is 36.8 Å². The van der Waals surface area contributed by atoms with Crippen LogP contribution in [0.2, 0.25) is 0 Å². The lowest BCUT2D eigenvalue weighted by Crippen LogP contribution is -2.62. The molecule has 5 rings (SSSR count). The number of phenols is 1. The van der Waals surface area contributed by atoms with Gasteiger partial charge in [0.1, 0.15) is 5.75 Å². The third kappa shape index (κ3) is 4.44. The van der Waals surface area contributed by atoms with E-state index in [1.165, 1.54) is 0 Å². The number of phenolic OH excluding ortho intramolecular Hbond substituents is 1. The van der Waals surface area contributed by atoms with E-state index >= 15 is 0 Å². The van der Waals surface area contributed by atoms with E-state index in [1.54, 1.807) is 0 Å². The van der Waals surface area contributed by atoms with Crippen molar-refractivity contribution in [2.24, 2.45) is 0 Å². The van der Waals surface area contributed by atoms with Crippen molar-refractivity contribution in [3.8, 4) is 28.3 Å². The Hall–Kier alpha value is -2.64. The minimum Gasteiger partial charge on any atom is -0.507 e. The van der Waals surface area contributed by atoms with Crippen molar-refractivity contribution in [1.29, 1.82) is 0 Å². The van der Waals surface area contributed by atoms with Gasteiger partial charge in [-0.2, -0.15) is 0 Å². The highest BCUT2D eigenvalue weighted by molar-refractivity contribution is 5.85. The Bertz CT molecular complexity index is 1140. The lowest BCUT2D eigenvalue weighted by Gasteiger charge is -2.49. The number of aromatic nitrogens is 4. The maximum atomic E-state index is 10.7. The lowest BCUT2D eigenvalue weighted by molar-refractivity contribution is 0.160. The fourth-order valence-corrected chi connectivity index (χ4v) is 5.63. The standard InChI is InChI=1S/C25H32N6O.ClH/c1-24(2)12-17(13-25(3,4)29-24)30(5)23-7-6-20(27-28-23)19-11-18-16(10-22(19)32)8-9-31-15-26-14-21(18)31;/h6-7,10-11,14-15,17,29,32H,8-9,12-13H2,1-5H3;1H. The number of nitrogens with one attached hydrogen (secondary N) is 1. The molecule has 2 aliphatic rings. The van der Waals surface area contributed by atoms with E-state index in [1.807, 2.05) is 36.8 Å². The third-order valence-corrected chi connectivity index (χ3v) is 6.84. The number of piperidine rings is 1. The van der Waals surface area contributed by atoms with E-state index < -0.39 is 0 Å². The number of nitrogens with zero attached hydrogens (tertiary/aromatic N) is 5. The van der Waals surface area contributed by atoms with E-state index in [9.17, 15) is 5.11 Å². The van der Waals surface area contributed by atoms with Crippen LogP contribution in [0.1, 0.15) is 46.1 Å². The van der Waals surface area contributed by atoms with Gasteiger partial charge < -0.3 is 19.9 Å². The summed E-state index contributed by atoms with van der Waals surface area (Å²) in [5.41, 5.74) is 4.82. The van der Waals surface area contributed by atoms with E-state index in [-0.39, 0.29) is 29.2 Å². The zero-order chi connectivity index (χ0) is 22.7. The van der Waals surface area contributed by atoms with Crippen molar-refractivity contribution in [1.82, 2.24) is 25.1 Å². The number of rotatable bonds is 3. The average Bonchev–Trinajstić information content (AvgIpc) is 3.20. The van der Waals surface area contributed by atoms with Crippen LogP contribution in [0.25, 0.3) is 22.5 Å². The first kappa shape index (κ1) is 23.5. The summed E-state index contributed by atoms with van der Waals surface area (Å²) >= 11 is 0. The van der Waals surface area contributed by atoms with Crippen molar-refractivity contribution < 1.29 is 5.11 Å². The van der Waals surface area contributed by atoms with Gasteiger partial charge in [0.25, 0.3) is 0 Å². The van der Waals surface area contributed by atoms with Crippen molar-refractivity contribution in [2.75, 3.05) is 11.9 Å². The Labute approximate surface area is 201 Å². The highest BCUT2D eigenvalue weighted by Crippen LogP contribution is 2.38. The Morgan fingerprint density at radius 3 is 2.45 bits per heavy atom. The van der Waals surface area contributed by atoms with Gasteiger partial charge in [-0.25, -0.2) is 4.98 Å². The smallest absolute Gasteiger partial charge is 0.151 e. The zero-order valence-electron chi connectivity index (χ0n) is 20.0. The molecule has 2 N–H and O–H groups in total. The van der Waals surface area contributed by atoms with Crippen LogP contribution in [-0.2, 0) is 13.0 Å². The molecule has 4 heterocycles. The molecule has 1 fully saturated rings. The van der Waals surface area contributed by atoms with Gasteiger partial charge in [-0.15, -0.1) is 22.6 Å². The molecule has 0 saturated carbocycles. The molecule has 8 heteroatoms. The van der Waals surface area contributed by atoms with Gasteiger partial charge in [0.05, 0.1) is 23.9 Å². The number of hydrogen-bond donors (Lipinski definition) is 2. The molecule has 0 radical (unpaired) electrons. The largest absolute Gasteiger partial charge is 0.507 e. The molecule has 0 amide bonds. The maximum Gasteiger partial charge on any atom is 0.151 e. The number of hydrogen-bond acceptors (Lipinski definition) is 6. The predicted molar refractivity (Wildman–Crippen MR) is 134 cm³/mol. The summed E-state index contributed by atoms with van der Waals surface area (Å²) in [6.07, 6.45) is 6.69. The molecule has 176 valence electrons. The summed E-state index contributed by atoms with van der Waals surface area (Å²) in [5.74, 6) is 1.09. The molecule has 33 heavy (non-hydrogen) atoms. The molecule has 2 aliphatic heterocycles. The second-order valence-electron chi connectivity index (χ2n) is 10.6. The van der Waals surface area contributed by atoms with Crippen LogP contribution in [0.3, 0.4) is 0 Å². The molecule has 0 spiro atoms. The Balaban J connectivity index is 0.00000259. The van der Waals surface area contributed by atoms with Crippen LogP contribution in [-0.4, -0.2) is 49.0 Å². The molecule has 0 bridgehead atoms. The quantitative estimate of drug-likeness (QED) is 0.591. The minimum absolute atomic E-state index is 0. The Morgan fingerprint density at radius 2 is 1.79 bits per heavy atom. The maximum absolute atomic E-state index is 10.7. The number of halogens is 1. The second-order valence-corrected chi connectivity index (χ2v) is 10.6. The fraction of sp³-hybridized carbons (Fsp3) is 0.480. The van der Waals surface area contributed by atoms with Crippen LogP contribution >= 0.6 is 12.4 Å². The molecule has 0 unspecified atom stereocenters. The molecule has 7 nitrogen and oxygen atoms in total. The van der Waals surface area contributed by atoms with E-state index in [2.05, 4.69) is 64.7 Å². The minimum atomic E-state index is 0. The van der Waals surface area contributed by atoms with Crippen LogP contribution < -0.4 is 10.2 Å². The van der Waals surface area contributed by atoms with Crippen molar-refractivity contribution in [2.45, 2.75) is 70.6 Å². The van der Waals surface area contributed by atoms with E-state index in [0.29, 0.717) is 17.3 Å². The zero-order valence-corrected chi connectivity index (χ0v) is 20.8. The van der Waals surface area contributed by atoms with Crippen LogP contribution in [0.4, 0.5) is 5.82 Å². The first-order valence-corrected chi connectivity index (χ1v) is 11.3. The number of aromatic hydroxyl groups is 1. The van der Waals surface area contributed by atoms with E-state index in [4.69, 9.17) is 0 Å². The summed E-state index contributed by atoms with van der Waals surface area (Å²) in [6, 6.07) is 8.22. The number of benzene rings is 1. The predicted octanol–water partition coefficient (Wildman–Crippen LogP) is 4.44. The highest BCUT2D eigenvalue weighted by atomic mass is 35.5. The first-order valence-electron chi connectivity index (χ1n) is 11.3. The Kier molecular flexibility index (Phi) is 5.91. The third-order valence-electron chi connectivity index (χ3n) is 6.84. The second kappa shape index (κ2) is 8.29. The highest BCUT2D eigenvalue weighted by Gasteiger charge is 2.39. The molecule has 3 aromatic rings. The van der Waals surface area contributed by atoms with Gasteiger partial charge in [0.2, 0.25) is 0 Å². The van der Waals surface area contributed by atoms with Crippen LogP contribution in [0, 0.1) is 0 Å². The summed E-state index contributed by atoms with van der Waals surface area (Å²) in [7, 11) is 2.10. The number of fused-ring (bicyclic) bond motifs is 3. The van der Waals surface area contributed by atoms with Crippen LogP contribution in [0.5, 0.6) is 5.75 Å². The normalized spacial score (nSPS) is 18.7. The summed E-state index contributed by atoms with van der Waals surface area (Å²) in [4.78, 5) is 6.53. The van der Waals surface area contributed by atoms with Gasteiger partial charge in [-0.1, -0.05) is 0 Å². The molecule has 1 saturated heterocycles.